The Kier molecular flexibility index (Phi) is 4.23. The Morgan fingerprint density at radius 2 is 1.90 bits per heavy atom. The minimum absolute atomic E-state index is 0.0541. The summed E-state index contributed by atoms with van der Waals surface area (Å²) in [6, 6.07) is 11.0. The maximum absolute atomic E-state index is 12.7. The number of hydrogen-bond donors (Lipinski definition) is 1. The van der Waals surface area contributed by atoms with E-state index >= 15 is 0 Å². The minimum atomic E-state index is -0.487. The molecule has 3 aromatic heterocycles. The Balaban J connectivity index is 1.26. The monoisotopic (exact) mass is 390 g/mol. The number of piperidine rings is 1. The average molecular weight is 390 g/mol. The summed E-state index contributed by atoms with van der Waals surface area (Å²) in [5.41, 5.74) is 1.25. The van der Waals surface area contributed by atoms with Crippen LogP contribution in [0.2, 0.25) is 0 Å². The zero-order chi connectivity index (χ0) is 19.8. The van der Waals surface area contributed by atoms with Crippen LogP contribution < -0.4 is 0 Å². The number of benzene rings is 1. The van der Waals surface area contributed by atoms with Gasteiger partial charge in [-0.05, 0) is 31.0 Å². The number of Topliss-reactive ketones (excluding diaryl/α,β-unsaturated/α-hetero) is 1. The van der Waals surface area contributed by atoms with Gasteiger partial charge in [0.2, 0.25) is 5.89 Å². The molecule has 8 heteroatoms. The average Bonchev–Trinajstić information content (AvgIpc) is 3.53. The molecule has 146 valence electrons. The summed E-state index contributed by atoms with van der Waals surface area (Å²) in [5, 5.41) is 8.92. The summed E-state index contributed by atoms with van der Waals surface area (Å²) < 4.78 is 11.0. The van der Waals surface area contributed by atoms with Crippen LogP contribution >= 0.6 is 0 Å². The molecule has 0 saturated carbocycles. The topological polar surface area (TPSA) is 105 Å². The Morgan fingerprint density at radius 1 is 1.07 bits per heavy atom. The Bertz CT molecular complexity index is 1170. The predicted molar refractivity (Wildman–Crippen MR) is 103 cm³/mol. The number of H-pyrrole nitrogens is 1. The van der Waals surface area contributed by atoms with Crippen molar-refractivity contribution in [1.29, 1.82) is 0 Å². The number of ketones is 1. The molecule has 1 fully saturated rings. The maximum Gasteiger partial charge on any atom is 0.295 e. The first-order valence-electron chi connectivity index (χ1n) is 9.47. The van der Waals surface area contributed by atoms with Gasteiger partial charge in [-0.25, -0.2) is 0 Å². The fraction of sp³-hybridized carbons (Fsp3) is 0.238. The molecule has 0 aliphatic carbocycles. The number of amides is 1. The highest BCUT2D eigenvalue weighted by Crippen LogP contribution is 2.30. The van der Waals surface area contributed by atoms with E-state index in [0.29, 0.717) is 49.0 Å². The third-order valence-electron chi connectivity index (χ3n) is 5.33. The lowest BCUT2D eigenvalue weighted by Crippen LogP contribution is -2.41. The second-order valence-corrected chi connectivity index (χ2v) is 7.07. The van der Waals surface area contributed by atoms with E-state index < -0.39 is 11.7 Å². The highest BCUT2D eigenvalue weighted by Gasteiger charge is 2.31. The zero-order valence-corrected chi connectivity index (χ0v) is 15.5. The molecule has 1 aliphatic rings. The number of carbonyl (C=O) groups is 2. The molecule has 8 nitrogen and oxygen atoms in total. The summed E-state index contributed by atoms with van der Waals surface area (Å²) in [6.45, 7) is 0.937. The standard InChI is InChI=1S/C21H18N4O4/c26-18(15-12-22-16-5-2-1-4-14(15)16)21(27)25-9-7-13(8-10-25)19-23-24-20(29-19)17-6-3-11-28-17/h1-6,11-13,22H,7-10H2. The molecule has 0 spiro atoms. The highest BCUT2D eigenvalue weighted by atomic mass is 16.4. The molecule has 1 aromatic carbocycles. The first-order valence-corrected chi connectivity index (χ1v) is 9.47. The van der Waals surface area contributed by atoms with Crippen molar-refractivity contribution in [3.63, 3.8) is 0 Å². The van der Waals surface area contributed by atoms with Gasteiger partial charge in [-0.3, -0.25) is 9.59 Å². The number of nitrogens with zero attached hydrogens (tertiary/aromatic N) is 3. The van der Waals surface area contributed by atoms with Gasteiger partial charge in [0.1, 0.15) is 0 Å². The molecule has 0 unspecified atom stereocenters. The van der Waals surface area contributed by atoms with Crippen LogP contribution in [0.1, 0.15) is 35.0 Å². The number of aromatic nitrogens is 3. The number of hydrogen-bond acceptors (Lipinski definition) is 6. The van der Waals surface area contributed by atoms with Crippen molar-refractivity contribution in [2.24, 2.45) is 0 Å². The fourth-order valence-corrected chi connectivity index (χ4v) is 3.75. The third kappa shape index (κ3) is 3.12. The highest BCUT2D eigenvalue weighted by molar-refractivity contribution is 6.44. The van der Waals surface area contributed by atoms with Gasteiger partial charge in [0, 0.05) is 36.1 Å². The van der Waals surface area contributed by atoms with E-state index in [4.69, 9.17) is 8.83 Å². The Hall–Kier alpha value is -3.68. The molecule has 1 aliphatic heterocycles. The van der Waals surface area contributed by atoms with E-state index in [-0.39, 0.29) is 5.92 Å². The van der Waals surface area contributed by atoms with Gasteiger partial charge in [0.15, 0.2) is 5.76 Å². The van der Waals surface area contributed by atoms with Gasteiger partial charge >= 0.3 is 0 Å². The predicted octanol–water partition coefficient (Wildman–Crippen LogP) is 3.40. The van der Waals surface area contributed by atoms with Gasteiger partial charge in [0.25, 0.3) is 17.6 Å². The third-order valence-corrected chi connectivity index (χ3v) is 5.33. The SMILES string of the molecule is O=C(C(=O)N1CCC(c2nnc(-c3ccco3)o2)CC1)c1c[nH]c2ccccc12. The van der Waals surface area contributed by atoms with Crippen molar-refractivity contribution >= 4 is 22.6 Å². The van der Waals surface area contributed by atoms with Gasteiger partial charge in [0.05, 0.1) is 11.8 Å². The zero-order valence-electron chi connectivity index (χ0n) is 15.5. The molecule has 1 saturated heterocycles. The van der Waals surface area contributed by atoms with Crippen molar-refractivity contribution in [2.75, 3.05) is 13.1 Å². The Morgan fingerprint density at radius 3 is 2.69 bits per heavy atom. The molecular formula is C21H18N4O4. The van der Waals surface area contributed by atoms with Crippen molar-refractivity contribution in [1.82, 2.24) is 20.1 Å². The lowest BCUT2D eigenvalue weighted by atomic mass is 9.96. The maximum atomic E-state index is 12.7. The van der Waals surface area contributed by atoms with Crippen LogP contribution in [-0.2, 0) is 4.79 Å². The lowest BCUT2D eigenvalue weighted by Gasteiger charge is -2.29. The number of fused-ring (bicyclic) bond motifs is 1. The molecule has 4 aromatic rings. The summed E-state index contributed by atoms with van der Waals surface area (Å²) in [6.07, 6.45) is 4.47. The quantitative estimate of drug-likeness (QED) is 0.423. The van der Waals surface area contributed by atoms with Crippen LogP contribution in [0.3, 0.4) is 0 Å². The number of nitrogens with one attached hydrogen (secondary N) is 1. The van der Waals surface area contributed by atoms with Crippen molar-refractivity contribution in [3.05, 3.63) is 60.3 Å². The largest absolute Gasteiger partial charge is 0.459 e. The van der Waals surface area contributed by atoms with Crippen LogP contribution in [0.4, 0.5) is 0 Å². The summed E-state index contributed by atoms with van der Waals surface area (Å²) in [4.78, 5) is 30.1. The van der Waals surface area contributed by atoms with Crippen LogP contribution in [0.5, 0.6) is 0 Å². The lowest BCUT2D eigenvalue weighted by molar-refractivity contribution is -0.127. The van der Waals surface area contributed by atoms with E-state index in [1.807, 2.05) is 24.3 Å². The van der Waals surface area contributed by atoms with Crippen molar-refractivity contribution < 1.29 is 18.4 Å². The molecule has 5 rings (SSSR count). The van der Waals surface area contributed by atoms with E-state index in [1.165, 1.54) is 0 Å². The fourth-order valence-electron chi connectivity index (χ4n) is 3.75. The number of carbonyl (C=O) groups excluding carboxylic acids is 2. The van der Waals surface area contributed by atoms with E-state index in [1.54, 1.807) is 29.5 Å². The number of aromatic amines is 1. The molecular weight excluding hydrogens is 372 g/mol. The van der Waals surface area contributed by atoms with Crippen LogP contribution in [0, 0.1) is 0 Å². The molecule has 4 heterocycles. The molecule has 29 heavy (non-hydrogen) atoms. The minimum Gasteiger partial charge on any atom is -0.459 e. The van der Waals surface area contributed by atoms with E-state index in [2.05, 4.69) is 15.2 Å². The van der Waals surface area contributed by atoms with Crippen molar-refractivity contribution in [2.45, 2.75) is 18.8 Å². The molecule has 0 atom stereocenters. The number of para-hydroxylation sites is 1. The summed E-state index contributed by atoms with van der Waals surface area (Å²) in [7, 11) is 0. The number of furan rings is 1. The van der Waals surface area contributed by atoms with Gasteiger partial charge in [-0.15, -0.1) is 10.2 Å². The second-order valence-electron chi connectivity index (χ2n) is 7.07. The molecule has 1 N–H and O–H groups in total. The van der Waals surface area contributed by atoms with Gasteiger partial charge in [-0.2, -0.15) is 0 Å². The normalized spacial score (nSPS) is 15.1. The Labute approximate surface area is 165 Å². The van der Waals surface area contributed by atoms with Gasteiger partial charge in [-0.1, -0.05) is 18.2 Å². The van der Waals surface area contributed by atoms with Crippen LogP contribution in [0.15, 0.2) is 57.7 Å². The first-order chi connectivity index (χ1) is 14.2. The van der Waals surface area contributed by atoms with E-state index in [9.17, 15) is 9.59 Å². The summed E-state index contributed by atoms with van der Waals surface area (Å²) >= 11 is 0. The molecule has 0 radical (unpaired) electrons. The molecule has 0 bridgehead atoms. The van der Waals surface area contributed by atoms with Crippen LogP contribution in [-0.4, -0.2) is 44.9 Å². The second kappa shape index (κ2) is 7.05. The van der Waals surface area contributed by atoms with E-state index in [0.717, 1.165) is 10.9 Å². The smallest absolute Gasteiger partial charge is 0.295 e. The molecule has 1 amide bonds. The van der Waals surface area contributed by atoms with Crippen LogP contribution in [0.25, 0.3) is 22.6 Å². The number of likely N-dealkylation sites (tertiary alicyclic amines) is 1. The van der Waals surface area contributed by atoms with Crippen molar-refractivity contribution in [3.8, 4) is 11.7 Å². The summed E-state index contributed by atoms with van der Waals surface area (Å²) in [5.74, 6) is 0.498. The van der Waals surface area contributed by atoms with Gasteiger partial charge < -0.3 is 18.7 Å². The first kappa shape index (κ1) is 17.4. The number of rotatable bonds is 4.